The first-order chi connectivity index (χ1) is 15.6. The zero-order valence-electron chi connectivity index (χ0n) is 18.6. The van der Waals surface area contributed by atoms with E-state index < -0.39 is 0 Å². The lowest BCUT2D eigenvalue weighted by molar-refractivity contribution is -0.129. The standard InChI is InChI=1S/C23H32N4O5/c1-17-25-21(26-32-17)5-8-24-22(29)20-15-27(16-23(20)6-10-30-11-7-23)14-18-3-2-4-19(13-18)31-12-9-28/h2-4,13,20,28H,5-12,14-16H2,1H3,(H,24,29). The number of aromatic nitrogens is 2. The number of aryl methyl sites for hydroxylation is 1. The van der Waals surface area contributed by atoms with Crippen LogP contribution in [-0.2, 0) is 22.5 Å². The number of amides is 1. The van der Waals surface area contributed by atoms with Gasteiger partial charge in [0.15, 0.2) is 5.82 Å². The van der Waals surface area contributed by atoms with Crippen LogP contribution in [0.1, 0.15) is 30.1 Å². The Hall–Kier alpha value is -2.49. The molecule has 0 saturated carbocycles. The first kappa shape index (κ1) is 22.7. The molecule has 2 aliphatic heterocycles. The van der Waals surface area contributed by atoms with Gasteiger partial charge in [-0.15, -0.1) is 0 Å². The number of nitrogens with one attached hydrogen (secondary N) is 1. The summed E-state index contributed by atoms with van der Waals surface area (Å²) >= 11 is 0. The van der Waals surface area contributed by atoms with Crippen molar-refractivity contribution < 1.29 is 23.9 Å². The predicted octanol–water partition coefficient (Wildman–Crippen LogP) is 1.34. The van der Waals surface area contributed by atoms with Gasteiger partial charge in [-0.2, -0.15) is 4.98 Å². The van der Waals surface area contributed by atoms with Crippen LogP contribution in [0.4, 0.5) is 0 Å². The summed E-state index contributed by atoms with van der Waals surface area (Å²) in [5.41, 5.74) is 1.08. The second-order valence-corrected chi connectivity index (χ2v) is 8.69. The number of carbonyl (C=O) groups is 1. The van der Waals surface area contributed by atoms with Gasteiger partial charge in [0.25, 0.3) is 0 Å². The Morgan fingerprint density at radius 3 is 2.97 bits per heavy atom. The summed E-state index contributed by atoms with van der Waals surface area (Å²) in [6.07, 6.45) is 2.34. The van der Waals surface area contributed by atoms with Gasteiger partial charge in [0.1, 0.15) is 12.4 Å². The molecule has 1 spiro atoms. The van der Waals surface area contributed by atoms with Crippen molar-refractivity contribution in [1.29, 1.82) is 0 Å². The minimum Gasteiger partial charge on any atom is -0.491 e. The van der Waals surface area contributed by atoms with Crippen LogP contribution in [0, 0.1) is 18.3 Å². The Morgan fingerprint density at radius 2 is 2.22 bits per heavy atom. The predicted molar refractivity (Wildman–Crippen MR) is 116 cm³/mol. The molecular formula is C23H32N4O5. The molecule has 1 atom stereocenters. The number of aliphatic hydroxyl groups is 1. The molecule has 0 radical (unpaired) electrons. The molecule has 9 nitrogen and oxygen atoms in total. The third-order valence-electron chi connectivity index (χ3n) is 6.41. The van der Waals surface area contributed by atoms with Crippen LogP contribution >= 0.6 is 0 Å². The molecule has 1 unspecified atom stereocenters. The van der Waals surface area contributed by atoms with Gasteiger partial charge >= 0.3 is 0 Å². The van der Waals surface area contributed by atoms with Gasteiger partial charge < -0.3 is 24.4 Å². The highest BCUT2D eigenvalue weighted by Crippen LogP contribution is 2.44. The number of likely N-dealkylation sites (tertiary alicyclic amines) is 1. The second-order valence-electron chi connectivity index (χ2n) is 8.69. The van der Waals surface area contributed by atoms with E-state index in [0.29, 0.717) is 37.9 Å². The molecule has 2 saturated heterocycles. The molecule has 2 aliphatic rings. The minimum atomic E-state index is -0.0766. The third kappa shape index (κ3) is 5.46. The number of rotatable bonds is 9. The molecule has 32 heavy (non-hydrogen) atoms. The zero-order valence-corrected chi connectivity index (χ0v) is 18.6. The Bertz CT molecular complexity index is 896. The van der Waals surface area contributed by atoms with Crippen LogP contribution in [0.15, 0.2) is 28.8 Å². The van der Waals surface area contributed by atoms with E-state index in [1.54, 1.807) is 6.92 Å². The van der Waals surface area contributed by atoms with Gasteiger partial charge in [0.2, 0.25) is 11.8 Å². The summed E-state index contributed by atoms with van der Waals surface area (Å²) in [4.78, 5) is 19.8. The highest BCUT2D eigenvalue weighted by Gasteiger charge is 2.50. The number of nitrogens with zero attached hydrogens (tertiary/aromatic N) is 3. The van der Waals surface area contributed by atoms with Crippen LogP contribution in [0.3, 0.4) is 0 Å². The fraction of sp³-hybridized carbons (Fsp3) is 0.609. The molecule has 4 rings (SSSR count). The number of ether oxygens (including phenoxy) is 2. The Labute approximate surface area is 188 Å². The van der Waals surface area contributed by atoms with Gasteiger partial charge in [-0.05, 0) is 30.5 Å². The maximum absolute atomic E-state index is 13.2. The highest BCUT2D eigenvalue weighted by atomic mass is 16.5. The summed E-state index contributed by atoms with van der Waals surface area (Å²) < 4.78 is 16.2. The first-order valence-electron chi connectivity index (χ1n) is 11.3. The summed E-state index contributed by atoms with van der Waals surface area (Å²) in [6, 6.07) is 7.94. The zero-order chi connectivity index (χ0) is 22.4. The van der Waals surface area contributed by atoms with Crippen molar-refractivity contribution in [2.45, 2.75) is 32.7 Å². The largest absolute Gasteiger partial charge is 0.491 e. The second kappa shape index (κ2) is 10.4. The normalized spacial score (nSPS) is 20.5. The summed E-state index contributed by atoms with van der Waals surface area (Å²) in [6.45, 7) is 6.26. The number of hydrogen-bond acceptors (Lipinski definition) is 8. The SMILES string of the molecule is Cc1nc(CCNC(=O)C2CN(Cc3cccc(OCCO)c3)CC23CCOCC3)no1. The first-order valence-corrected chi connectivity index (χ1v) is 11.3. The van der Waals surface area contributed by atoms with Gasteiger partial charge in [0, 0.05) is 58.2 Å². The maximum Gasteiger partial charge on any atom is 0.225 e. The van der Waals surface area contributed by atoms with E-state index in [0.717, 1.165) is 43.8 Å². The average Bonchev–Trinajstić information content (AvgIpc) is 3.36. The van der Waals surface area contributed by atoms with E-state index in [9.17, 15) is 4.79 Å². The van der Waals surface area contributed by atoms with Crippen molar-refractivity contribution in [1.82, 2.24) is 20.4 Å². The van der Waals surface area contributed by atoms with Crippen LogP contribution < -0.4 is 10.1 Å². The van der Waals surface area contributed by atoms with Crippen LogP contribution in [0.5, 0.6) is 5.75 Å². The molecule has 1 amide bonds. The van der Waals surface area contributed by atoms with Gasteiger partial charge in [-0.25, -0.2) is 0 Å². The molecule has 3 heterocycles. The molecular weight excluding hydrogens is 412 g/mol. The topological polar surface area (TPSA) is 110 Å². The van der Waals surface area contributed by atoms with Crippen molar-refractivity contribution in [2.24, 2.45) is 11.3 Å². The Morgan fingerprint density at radius 1 is 1.38 bits per heavy atom. The fourth-order valence-electron chi connectivity index (χ4n) is 4.86. The molecule has 1 aromatic heterocycles. The smallest absolute Gasteiger partial charge is 0.225 e. The molecule has 2 fully saturated rings. The van der Waals surface area contributed by atoms with E-state index in [1.807, 2.05) is 18.2 Å². The Kier molecular flexibility index (Phi) is 7.39. The van der Waals surface area contributed by atoms with Crippen molar-refractivity contribution in [3.8, 4) is 5.75 Å². The monoisotopic (exact) mass is 444 g/mol. The molecule has 174 valence electrons. The third-order valence-corrected chi connectivity index (χ3v) is 6.41. The van der Waals surface area contributed by atoms with Crippen LogP contribution in [0.2, 0.25) is 0 Å². The average molecular weight is 445 g/mol. The van der Waals surface area contributed by atoms with Crippen molar-refractivity contribution >= 4 is 5.91 Å². The molecule has 0 bridgehead atoms. The quantitative estimate of drug-likeness (QED) is 0.596. The van der Waals surface area contributed by atoms with Crippen molar-refractivity contribution in [3.05, 3.63) is 41.5 Å². The summed E-state index contributed by atoms with van der Waals surface area (Å²) in [5.74, 6) is 1.91. The van der Waals surface area contributed by atoms with Gasteiger partial charge in [0.05, 0.1) is 12.5 Å². The fourth-order valence-corrected chi connectivity index (χ4v) is 4.86. The van der Waals surface area contributed by atoms with E-state index in [4.69, 9.17) is 19.1 Å². The van der Waals surface area contributed by atoms with Crippen molar-refractivity contribution in [3.63, 3.8) is 0 Å². The number of carbonyl (C=O) groups excluding carboxylic acids is 1. The van der Waals surface area contributed by atoms with E-state index >= 15 is 0 Å². The van der Waals surface area contributed by atoms with Gasteiger partial charge in [-0.3, -0.25) is 9.69 Å². The van der Waals surface area contributed by atoms with Gasteiger partial charge in [-0.1, -0.05) is 17.3 Å². The van der Waals surface area contributed by atoms with E-state index in [-0.39, 0.29) is 30.5 Å². The number of aliphatic hydroxyl groups excluding tert-OH is 1. The lowest BCUT2D eigenvalue weighted by Crippen LogP contribution is -2.44. The van der Waals surface area contributed by atoms with E-state index in [1.165, 1.54) is 0 Å². The van der Waals surface area contributed by atoms with E-state index in [2.05, 4.69) is 26.4 Å². The maximum atomic E-state index is 13.2. The number of benzene rings is 1. The highest BCUT2D eigenvalue weighted by molar-refractivity contribution is 5.80. The minimum absolute atomic E-state index is 0.00986. The lowest BCUT2D eigenvalue weighted by atomic mass is 9.71. The lowest BCUT2D eigenvalue weighted by Gasteiger charge is -2.37. The molecule has 2 N–H and O–H groups in total. The summed E-state index contributed by atoms with van der Waals surface area (Å²) in [7, 11) is 0. The van der Waals surface area contributed by atoms with Crippen molar-refractivity contribution in [2.75, 3.05) is 46.1 Å². The summed E-state index contributed by atoms with van der Waals surface area (Å²) in [5, 5.41) is 16.0. The van der Waals surface area contributed by atoms with Crippen LogP contribution in [0.25, 0.3) is 0 Å². The molecule has 1 aromatic carbocycles. The number of hydrogen-bond donors (Lipinski definition) is 2. The Balaban J connectivity index is 1.39. The molecule has 0 aliphatic carbocycles. The molecule has 2 aromatic rings. The van der Waals surface area contributed by atoms with Crippen LogP contribution in [-0.4, -0.2) is 72.1 Å². The molecule has 9 heteroatoms.